The summed E-state index contributed by atoms with van der Waals surface area (Å²) in [6.07, 6.45) is 1.56. The van der Waals surface area contributed by atoms with Gasteiger partial charge in [0, 0.05) is 23.2 Å². The normalized spacial score (nSPS) is 10.3. The van der Waals surface area contributed by atoms with Gasteiger partial charge in [-0.2, -0.15) is 0 Å². The second kappa shape index (κ2) is 5.33. The minimum absolute atomic E-state index is 0.0414. The van der Waals surface area contributed by atoms with E-state index in [0.29, 0.717) is 5.13 Å². The summed E-state index contributed by atoms with van der Waals surface area (Å²) in [5.74, 6) is -1.54. The van der Waals surface area contributed by atoms with Crippen molar-refractivity contribution in [2.24, 2.45) is 0 Å². The molecular weight excluding hydrogens is 285 g/mol. The van der Waals surface area contributed by atoms with Crippen molar-refractivity contribution in [3.63, 3.8) is 0 Å². The highest BCUT2D eigenvalue weighted by Gasteiger charge is 2.20. The van der Waals surface area contributed by atoms with Gasteiger partial charge >= 0.3 is 0 Å². The molecule has 1 aromatic carbocycles. The monoisotopic (exact) mass is 295 g/mol. The van der Waals surface area contributed by atoms with Crippen LogP contribution >= 0.6 is 11.3 Å². The van der Waals surface area contributed by atoms with E-state index in [1.807, 2.05) is 6.92 Å². The van der Waals surface area contributed by atoms with Crippen LogP contribution < -0.4 is 5.32 Å². The number of nitrogens with one attached hydrogen (secondary N) is 1. The quantitative estimate of drug-likeness (QED) is 0.696. The molecule has 1 heterocycles. The fourth-order valence-electron chi connectivity index (χ4n) is 1.60. The summed E-state index contributed by atoms with van der Waals surface area (Å²) < 4.78 is 13.9. The number of benzene rings is 1. The number of hydrogen-bond donors (Lipinski definition) is 1. The number of nitrogens with zero attached hydrogens (tertiary/aromatic N) is 2. The van der Waals surface area contributed by atoms with Crippen LogP contribution in [-0.2, 0) is 0 Å². The maximum absolute atomic E-state index is 13.9. The third kappa shape index (κ3) is 2.80. The van der Waals surface area contributed by atoms with Gasteiger partial charge in [0.1, 0.15) is 5.82 Å². The Bertz CT molecular complexity index is 699. The van der Waals surface area contributed by atoms with Crippen molar-refractivity contribution < 1.29 is 14.1 Å². The zero-order chi connectivity index (χ0) is 14.9. The molecule has 0 atom stereocenters. The molecule has 0 fully saturated rings. The van der Waals surface area contributed by atoms with Gasteiger partial charge in [-0.3, -0.25) is 20.2 Å². The van der Waals surface area contributed by atoms with Crippen LogP contribution in [0.2, 0.25) is 0 Å². The average Bonchev–Trinajstić information content (AvgIpc) is 2.77. The van der Waals surface area contributed by atoms with Crippen molar-refractivity contribution in [3.05, 3.63) is 50.3 Å². The predicted molar refractivity (Wildman–Crippen MR) is 72.6 cm³/mol. The molecule has 0 saturated heterocycles. The number of carbonyl (C=O) groups is 1. The first-order valence-electron chi connectivity index (χ1n) is 5.57. The molecule has 1 aromatic heterocycles. The number of aryl methyl sites for hydroxylation is 2. The number of aromatic nitrogens is 1. The Morgan fingerprint density at radius 1 is 1.45 bits per heavy atom. The van der Waals surface area contributed by atoms with E-state index in [1.54, 1.807) is 6.20 Å². The number of thiazole rings is 1. The first-order chi connectivity index (χ1) is 9.38. The van der Waals surface area contributed by atoms with E-state index in [2.05, 4.69) is 10.3 Å². The summed E-state index contributed by atoms with van der Waals surface area (Å²) in [6.45, 7) is 3.18. The first-order valence-corrected chi connectivity index (χ1v) is 6.38. The minimum atomic E-state index is -0.777. The second-order valence-electron chi connectivity index (χ2n) is 4.11. The standard InChI is InChI=1S/C12H10FN3O3S/c1-6-3-8(16(18)19)4-9(10(6)13)11(17)15-12-14-5-7(2)20-12/h3-5H,1-2H3,(H,14,15,17). The molecule has 104 valence electrons. The SMILES string of the molecule is Cc1cnc(NC(=O)c2cc([N+](=O)[O-])cc(C)c2F)s1. The van der Waals surface area contributed by atoms with Crippen LogP contribution in [0.5, 0.6) is 0 Å². The van der Waals surface area contributed by atoms with Gasteiger partial charge in [0.05, 0.1) is 10.5 Å². The molecule has 0 spiro atoms. The van der Waals surface area contributed by atoms with Crippen molar-refractivity contribution in [2.75, 3.05) is 5.32 Å². The van der Waals surface area contributed by atoms with E-state index in [-0.39, 0.29) is 16.8 Å². The van der Waals surface area contributed by atoms with E-state index >= 15 is 0 Å². The summed E-state index contributed by atoms with van der Waals surface area (Å²) >= 11 is 1.23. The maximum Gasteiger partial charge on any atom is 0.270 e. The molecule has 2 aromatic rings. The van der Waals surface area contributed by atoms with E-state index in [9.17, 15) is 19.3 Å². The molecule has 1 N–H and O–H groups in total. The number of carbonyl (C=O) groups excluding carboxylic acids is 1. The molecule has 0 aliphatic carbocycles. The van der Waals surface area contributed by atoms with E-state index in [1.165, 1.54) is 18.3 Å². The van der Waals surface area contributed by atoms with Crippen LogP contribution in [0.4, 0.5) is 15.2 Å². The van der Waals surface area contributed by atoms with E-state index in [4.69, 9.17) is 0 Å². The molecular formula is C12H10FN3O3S. The Morgan fingerprint density at radius 2 is 2.15 bits per heavy atom. The van der Waals surface area contributed by atoms with Crippen molar-refractivity contribution in [1.29, 1.82) is 0 Å². The molecule has 0 unspecified atom stereocenters. The largest absolute Gasteiger partial charge is 0.298 e. The molecule has 0 aliphatic heterocycles. The number of hydrogen-bond acceptors (Lipinski definition) is 5. The van der Waals surface area contributed by atoms with E-state index < -0.39 is 16.6 Å². The summed E-state index contributed by atoms with van der Waals surface area (Å²) in [4.78, 5) is 26.8. The fraction of sp³-hybridized carbons (Fsp3) is 0.167. The average molecular weight is 295 g/mol. The zero-order valence-electron chi connectivity index (χ0n) is 10.6. The molecule has 6 nitrogen and oxygen atoms in total. The molecule has 8 heteroatoms. The van der Waals surface area contributed by atoms with Crippen LogP contribution in [0.1, 0.15) is 20.8 Å². The molecule has 2 rings (SSSR count). The van der Waals surface area contributed by atoms with Crippen molar-refractivity contribution in [3.8, 4) is 0 Å². The lowest BCUT2D eigenvalue weighted by Gasteiger charge is -2.05. The summed E-state index contributed by atoms with van der Waals surface area (Å²) in [7, 11) is 0. The molecule has 0 bridgehead atoms. The Labute approximate surface area is 117 Å². The summed E-state index contributed by atoms with van der Waals surface area (Å²) in [6, 6.07) is 2.00. The number of anilines is 1. The van der Waals surface area contributed by atoms with Gasteiger partial charge in [-0.05, 0) is 19.4 Å². The van der Waals surface area contributed by atoms with E-state index in [0.717, 1.165) is 17.0 Å². The van der Waals surface area contributed by atoms with Crippen molar-refractivity contribution in [1.82, 2.24) is 4.98 Å². The molecule has 0 saturated carbocycles. The third-order valence-corrected chi connectivity index (χ3v) is 3.36. The smallest absolute Gasteiger partial charge is 0.270 e. The summed E-state index contributed by atoms with van der Waals surface area (Å²) in [5.41, 5.74) is -0.659. The van der Waals surface area contributed by atoms with Gasteiger partial charge in [0.25, 0.3) is 11.6 Å². The topological polar surface area (TPSA) is 85.1 Å². The van der Waals surface area contributed by atoms with Crippen LogP contribution in [0.15, 0.2) is 18.3 Å². The maximum atomic E-state index is 13.9. The predicted octanol–water partition coefficient (Wildman–Crippen LogP) is 3.06. The number of rotatable bonds is 3. The van der Waals surface area contributed by atoms with Gasteiger partial charge < -0.3 is 0 Å². The Morgan fingerprint density at radius 3 is 2.70 bits per heavy atom. The number of non-ortho nitro benzene ring substituents is 1. The zero-order valence-corrected chi connectivity index (χ0v) is 11.5. The van der Waals surface area contributed by atoms with Crippen LogP contribution in [0, 0.1) is 29.8 Å². The Balaban J connectivity index is 2.36. The molecule has 20 heavy (non-hydrogen) atoms. The second-order valence-corrected chi connectivity index (χ2v) is 5.35. The Hall–Kier alpha value is -2.35. The lowest BCUT2D eigenvalue weighted by Crippen LogP contribution is -2.14. The summed E-state index contributed by atoms with van der Waals surface area (Å²) in [5, 5.41) is 13.5. The number of halogens is 1. The van der Waals surface area contributed by atoms with Crippen molar-refractivity contribution in [2.45, 2.75) is 13.8 Å². The van der Waals surface area contributed by atoms with Crippen LogP contribution in [0.25, 0.3) is 0 Å². The molecule has 1 amide bonds. The van der Waals surface area contributed by atoms with Crippen LogP contribution in [-0.4, -0.2) is 15.8 Å². The van der Waals surface area contributed by atoms with Gasteiger partial charge in [0.15, 0.2) is 5.13 Å². The number of amides is 1. The van der Waals surface area contributed by atoms with Gasteiger partial charge in [-0.25, -0.2) is 9.37 Å². The lowest BCUT2D eigenvalue weighted by molar-refractivity contribution is -0.385. The molecule has 0 radical (unpaired) electrons. The first kappa shape index (κ1) is 14.1. The Kier molecular flexibility index (Phi) is 3.75. The highest BCUT2D eigenvalue weighted by atomic mass is 32.1. The number of nitro groups is 1. The lowest BCUT2D eigenvalue weighted by atomic mass is 10.1. The minimum Gasteiger partial charge on any atom is -0.298 e. The molecule has 0 aliphatic rings. The van der Waals surface area contributed by atoms with Gasteiger partial charge in [-0.15, -0.1) is 11.3 Å². The fourth-order valence-corrected chi connectivity index (χ4v) is 2.26. The number of nitro benzene ring substituents is 1. The highest BCUT2D eigenvalue weighted by molar-refractivity contribution is 7.15. The third-order valence-electron chi connectivity index (χ3n) is 2.54. The van der Waals surface area contributed by atoms with Gasteiger partial charge in [0.2, 0.25) is 0 Å². The van der Waals surface area contributed by atoms with Crippen molar-refractivity contribution >= 4 is 28.1 Å². The van der Waals surface area contributed by atoms with Gasteiger partial charge in [-0.1, -0.05) is 0 Å². The van der Waals surface area contributed by atoms with Crippen LogP contribution in [0.3, 0.4) is 0 Å². The highest BCUT2D eigenvalue weighted by Crippen LogP contribution is 2.23.